The summed E-state index contributed by atoms with van der Waals surface area (Å²) in [7, 11) is 1.67. The molecule has 1 unspecified atom stereocenters. The second-order valence-electron chi connectivity index (χ2n) is 6.88. The van der Waals surface area contributed by atoms with Crippen LogP contribution in [0.1, 0.15) is 22.9 Å². The van der Waals surface area contributed by atoms with Gasteiger partial charge in [0.15, 0.2) is 0 Å². The van der Waals surface area contributed by atoms with Crippen LogP contribution in [0.25, 0.3) is 11.3 Å². The number of benzene rings is 2. The SMILES string of the molecule is COc1ccc(-c2csc(N3N=C(c4cccs4)CC3c3ccc(Cl)cc3)n2)cc1. The van der Waals surface area contributed by atoms with Crippen LogP contribution in [0.5, 0.6) is 5.75 Å². The maximum Gasteiger partial charge on any atom is 0.207 e. The average molecular weight is 452 g/mol. The molecule has 1 atom stereocenters. The highest BCUT2D eigenvalue weighted by atomic mass is 35.5. The number of anilines is 1. The van der Waals surface area contributed by atoms with Gasteiger partial charge >= 0.3 is 0 Å². The van der Waals surface area contributed by atoms with Gasteiger partial charge in [-0.1, -0.05) is 29.8 Å². The fraction of sp³-hybridized carbons (Fsp3) is 0.130. The molecule has 0 amide bonds. The number of halogens is 1. The maximum atomic E-state index is 6.11. The first-order valence-corrected chi connectivity index (χ1v) is 11.6. The Balaban J connectivity index is 1.50. The van der Waals surface area contributed by atoms with Gasteiger partial charge < -0.3 is 4.74 Å². The molecule has 1 aliphatic heterocycles. The molecule has 5 rings (SSSR count). The van der Waals surface area contributed by atoms with E-state index in [2.05, 4.69) is 40.0 Å². The largest absolute Gasteiger partial charge is 0.497 e. The Kier molecular flexibility index (Phi) is 5.29. The smallest absolute Gasteiger partial charge is 0.207 e. The Morgan fingerprint density at radius 3 is 2.53 bits per heavy atom. The van der Waals surface area contributed by atoms with E-state index in [1.165, 1.54) is 10.4 Å². The average Bonchev–Trinajstić information content (AvgIpc) is 3.54. The Morgan fingerprint density at radius 2 is 1.83 bits per heavy atom. The number of thiophene rings is 1. The fourth-order valence-corrected chi connectivity index (χ4v) is 5.17. The van der Waals surface area contributed by atoms with E-state index in [9.17, 15) is 0 Å². The highest BCUT2D eigenvalue weighted by molar-refractivity contribution is 7.14. The van der Waals surface area contributed by atoms with Gasteiger partial charge in [0.05, 0.1) is 29.4 Å². The van der Waals surface area contributed by atoms with Gasteiger partial charge in [-0.05, 0) is 53.4 Å². The van der Waals surface area contributed by atoms with Crippen LogP contribution in [-0.4, -0.2) is 17.8 Å². The molecule has 0 saturated heterocycles. The van der Waals surface area contributed by atoms with Crippen LogP contribution < -0.4 is 9.75 Å². The van der Waals surface area contributed by atoms with Crippen molar-refractivity contribution in [3.05, 3.63) is 86.9 Å². The monoisotopic (exact) mass is 451 g/mol. The van der Waals surface area contributed by atoms with E-state index in [4.69, 9.17) is 26.4 Å². The van der Waals surface area contributed by atoms with Crippen molar-refractivity contribution in [2.45, 2.75) is 12.5 Å². The number of hydrogen-bond acceptors (Lipinski definition) is 6. The van der Waals surface area contributed by atoms with Crippen LogP contribution in [-0.2, 0) is 0 Å². The number of hydrogen-bond donors (Lipinski definition) is 0. The lowest BCUT2D eigenvalue weighted by Crippen LogP contribution is -2.18. The van der Waals surface area contributed by atoms with Gasteiger partial charge in [-0.3, -0.25) is 0 Å². The van der Waals surface area contributed by atoms with E-state index >= 15 is 0 Å². The normalized spacial score (nSPS) is 16.0. The van der Waals surface area contributed by atoms with Crippen LogP contribution in [0.15, 0.2) is 76.5 Å². The van der Waals surface area contributed by atoms with Crippen LogP contribution in [0.4, 0.5) is 5.13 Å². The topological polar surface area (TPSA) is 37.7 Å². The van der Waals surface area contributed by atoms with E-state index in [-0.39, 0.29) is 6.04 Å². The summed E-state index contributed by atoms with van der Waals surface area (Å²) >= 11 is 9.44. The molecule has 2 aromatic carbocycles. The summed E-state index contributed by atoms with van der Waals surface area (Å²) in [6.07, 6.45) is 0.833. The number of methoxy groups -OCH3 is 1. The van der Waals surface area contributed by atoms with Crippen LogP contribution in [0.3, 0.4) is 0 Å². The summed E-state index contributed by atoms with van der Waals surface area (Å²) in [5.41, 5.74) is 4.26. The molecule has 1 aliphatic rings. The molecule has 150 valence electrons. The van der Waals surface area contributed by atoms with Crippen molar-refractivity contribution < 1.29 is 4.74 Å². The molecule has 4 aromatic rings. The molecule has 0 radical (unpaired) electrons. The highest BCUT2D eigenvalue weighted by Gasteiger charge is 2.32. The molecule has 0 fully saturated rings. The van der Waals surface area contributed by atoms with E-state index in [0.717, 1.165) is 39.3 Å². The summed E-state index contributed by atoms with van der Waals surface area (Å²) in [5.74, 6) is 0.835. The minimum absolute atomic E-state index is 0.0919. The quantitative estimate of drug-likeness (QED) is 0.331. The first-order chi connectivity index (χ1) is 14.7. The van der Waals surface area contributed by atoms with Crippen molar-refractivity contribution in [2.24, 2.45) is 5.10 Å². The minimum atomic E-state index is 0.0919. The van der Waals surface area contributed by atoms with Gasteiger partial charge in [0.2, 0.25) is 5.13 Å². The fourth-order valence-electron chi connectivity index (χ4n) is 3.49. The molecule has 0 spiro atoms. The number of aromatic nitrogens is 1. The maximum absolute atomic E-state index is 6.11. The zero-order valence-corrected chi connectivity index (χ0v) is 18.5. The molecule has 0 N–H and O–H groups in total. The van der Waals surface area contributed by atoms with Crippen molar-refractivity contribution in [3.8, 4) is 17.0 Å². The predicted molar refractivity (Wildman–Crippen MR) is 126 cm³/mol. The zero-order valence-electron chi connectivity index (χ0n) is 16.2. The first-order valence-electron chi connectivity index (χ1n) is 9.47. The van der Waals surface area contributed by atoms with Gasteiger partial charge in [0, 0.05) is 22.4 Å². The van der Waals surface area contributed by atoms with Crippen molar-refractivity contribution in [1.29, 1.82) is 0 Å². The van der Waals surface area contributed by atoms with E-state index < -0.39 is 0 Å². The summed E-state index contributed by atoms with van der Waals surface area (Å²) in [4.78, 5) is 6.10. The number of ether oxygens (including phenoxy) is 1. The molecule has 4 nitrogen and oxygen atoms in total. The summed E-state index contributed by atoms with van der Waals surface area (Å²) in [6, 6.07) is 20.2. The molecular formula is C23H18ClN3OS2. The van der Waals surface area contributed by atoms with Crippen molar-refractivity contribution in [3.63, 3.8) is 0 Å². The Bertz CT molecular complexity index is 1170. The Hall–Kier alpha value is -2.67. The molecule has 30 heavy (non-hydrogen) atoms. The van der Waals surface area contributed by atoms with Crippen molar-refractivity contribution >= 4 is 45.1 Å². The number of nitrogens with zero attached hydrogens (tertiary/aromatic N) is 3. The van der Waals surface area contributed by atoms with Gasteiger partial charge in [0.25, 0.3) is 0 Å². The molecule has 0 aliphatic carbocycles. The van der Waals surface area contributed by atoms with E-state index in [0.29, 0.717) is 0 Å². The van der Waals surface area contributed by atoms with Crippen LogP contribution >= 0.6 is 34.3 Å². The molecule has 2 aromatic heterocycles. The molecule has 7 heteroatoms. The lowest BCUT2D eigenvalue weighted by molar-refractivity contribution is 0.415. The van der Waals surface area contributed by atoms with Crippen molar-refractivity contribution in [2.75, 3.05) is 12.1 Å². The van der Waals surface area contributed by atoms with Crippen LogP contribution in [0.2, 0.25) is 5.02 Å². The number of thiazole rings is 1. The van der Waals surface area contributed by atoms with Crippen LogP contribution in [0, 0.1) is 0 Å². The lowest BCUT2D eigenvalue weighted by atomic mass is 10.0. The van der Waals surface area contributed by atoms with Gasteiger partial charge in [-0.2, -0.15) is 5.10 Å². The molecule has 0 bridgehead atoms. The Morgan fingerprint density at radius 1 is 1.03 bits per heavy atom. The zero-order chi connectivity index (χ0) is 20.5. The summed E-state index contributed by atoms with van der Waals surface area (Å²) in [5, 5.41) is 12.8. The standard InChI is InChI=1S/C23H18ClN3OS2/c1-28-18-10-6-15(7-11-18)20-14-30-23(25-20)27-21(16-4-8-17(24)9-5-16)13-19(26-27)22-3-2-12-29-22/h2-12,14,21H,13H2,1H3. The van der Waals surface area contributed by atoms with Gasteiger partial charge in [-0.15, -0.1) is 22.7 Å². The van der Waals surface area contributed by atoms with Gasteiger partial charge in [-0.25, -0.2) is 9.99 Å². The third-order valence-electron chi connectivity index (χ3n) is 5.04. The van der Waals surface area contributed by atoms with E-state index in [1.54, 1.807) is 29.8 Å². The second kappa shape index (κ2) is 8.22. The summed E-state index contributed by atoms with van der Waals surface area (Å²) < 4.78 is 5.26. The van der Waals surface area contributed by atoms with Crippen molar-refractivity contribution in [1.82, 2.24) is 4.98 Å². The second-order valence-corrected chi connectivity index (χ2v) is 9.10. The first kappa shape index (κ1) is 19.3. The molecular weight excluding hydrogens is 434 g/mol. The van der Waals surface area contributed by atoms with E-state index in [1.807, 2.05) is 36.4 Å². The predicted octanol–water partition coefficient (Wildman–Crippen LogP) is 6.89. The summed E-state index contributed by atoms with van der Waals surface area (Å²) in [6.45, 7) is 0. The molecule has 0 saturated carbocycles. The highest BCUT2D eigenvalue weighted by Crippen LogP contribution is 2.40. The minimum Gasteiger partial charge on any atom is -0.497 e. The Labute approximate surface area is 188 Å². The number of hydrazone groups is 1. The van der Waals surface area contributed by atoms with Gasteiger partial charge in [0.1, 0.15) is 5.75 Å². The number of rotatable bonds is 5. The third kappa shape index (κ3) is 3.74. The third-order valence-corrected chi connectivity index (χ3v) is 7.05. The molecule has 3 heterocycles. The lowest BCUT2D eigenvalue weighted by Gasteiger charge is -2.21.